The van der Waals surface area contributed by atoms with E-state index < -0.39 is 5.97 Å². The Bertz CT molecular complexity index is 727. The minimum atomic E-state index is -0.964. The zero-order valence-corrected chi connectivity index (χ0v) is 13.9. The number of carboxylic acid groups (broad SMARTS) is 1. The van der Waals surface area contributed by atoms with Crippen LogP contribution in [0.1, 0.15) is 18.4 Å². The standard InChI is InChI=1S/C17H19ClFN3O2/c18-14-15-10(7-11(17(23)24)9-22(15)12-1-2-12)8-13(19)16(14)21-5-3-20-4-6-21/h8-9,12,20H,1-7H2,(H,23,24). The predicted octanol–water partition coefficient (Wildman–Crippen LogP) is 2.38. The van der Waals surface area contributed by atoms with Crippen LogP contribution < -0.4 is 15.1 Å². The first-order valence-electron chi connectivity index (χ1n) is 8.25. The quantitative estimate of drug-likeness (QED) is 0.875. The van der Waals surface area contributed by atoms with E-state index in [4.69, 9.17) is 11.6 Å². The zero-order valence-electron chi connectivity index (χ0n) is 13.2. The fraction of sp³-hybridized carbons (Fsp3) is 0.471. The van der Waals surface area contributed by atoms with Crippen molar-refractivity contribution in [2.75, 3.05) is 36.0 Å². The summed E-state index contributed by atoms with van der Waals surface area (Å²) in [5.41, 5.74) is 2.15. The van der Waals surface area contributed by atoms with Crippen molar-refractivity contribution in [1.29, 1.82) is 0 Å². The van der Waals surface area contributed by atoms with E-state index in [2.05, 4.69) is 5.32 Å². The fourth-order valence-corrected chi connectivity index (χ4v) is 3.92. The summed E-state index contributed by atoms with van der Waals surface area (Å²) in [7, 11) is 0. The number of halogens is 2. The Hall–Kier alpha value is -1.79. The molecule has 1 aromatic rings. The van der Waals surface area contributed by atoms with Crippen molar-refractivity contribution in [1.82, 2.24) is 5.32 Å². The summed E-state index contributed by atoms with van der Waals surface area (Å²) in [5.74, 6) is -1.34. The lowest BCUT2D eigenvalue weighted by molar-refractivity contribution is -0.132. The van der Waals surface area contributed by atoms with Gasteiger partial charge in [0.05, 0.1) is 22.0 Å². The highest BCUT2D eigenvalue weighted by Gasteiger charge is 2.36. The molecule has 7 heteroatoms. The first-order chi connectivity index (χ1) is 11.6. The fourth-order valence-electron chi connectivity index (χ4n) is 3.49. The monoisotopic (exact) mass is 351 g/mol. The number of nitrogens with zero attached hydrogens (tertiary/aromatic N) is 2. The SMILES string of the molecule is O=C(O)C1=CN(C2CC2)c2c(cc(F)c(N3CCNCC3)c2Cl)C1. The number of carbonyl (C=O) groups is 1. The van der Waals surface area contributed by atoms with Crippen LogP contribution in [0.3, 0.4) is 0 Å². The first-order valence-corrected chi connectivity index (χ1v) is 8.63. The third kappa shape index (κ3) is 2.63. The van der Waals surface area contributed by atoms with E-state index in [0.29, 0.717) is 29.4 Å². The average Bonchev–Trinajstić information content (AvgIpc) is 3.39. The summed E-state index contributed by atoms with van der Waals surface area (Å²) >= 11 is 6.64. The van der Waals surface area contributed by atoms with E-state index >= 15 is 0 Å². The molecular weight excluding hydrogens is 333 g/mol. The second-order valence-corrected chi connectivity index (χ2v) is 6.92. The van der Waals surface area contributed by atoms with Gasteiger partial charge in [-0.15, -0.1) is 0 Å². The summed E-state index contributed by atoms with van der Waals surface area (Å²) in [6, 6.07) is 1.72. The van der Waals surface area contributed by atoms with Gasteiger partial charge in [0, 0.05) is 44.8 Å². The number of nitrogens with one attached hydrogen (secondary N) is 1. The van der Waals surface area contributed by atoms with Gasteiger partial charge in [-0.1, -0.05) is 11.6 Å². The highest BCUT2D eigenvalue weighted by molar-refractivity contribution is 6.36. The van der Waals surface area contributed by atoms with Crippen LogP contribution in [0, 0.1) is 5.82 Å². The van der Waals surface area contributed by atoms with E-state index in [1.165, 1.54) is 6.07 Å². The largest absolute Gasteiger partial charge is 0.478 e. The van der Waals surface area contributed by atoms with Crippen LogP contribution in [0.4, 0.5) is 15.8 Å². The van der Waals surface area contributed by atoms with Crippen molar-refractivity contribution in [3.05, 3.63) is 34.2 Å². The molecule has 1 aliphatic carbocycles. The maximum atomic E-state index is 14.8. The molecule has 0 spiro atoms. The first kappa shape index (κ1) is 15.7. The molecular formula is C17H19ClFN3O2. The molecule has 0 bridgehead atoms. The molecule has 1 aromatic carbocycles. The summed E-state index contributed by atoms with van der Waals surface area (Å²) in [6.07, 6.45) is 3.87. The second-order valence-electron chi connectivity index (χ2n) is 6.54. The normalized spacial score (nSPS) is 20.7. The molecule has 2 fully saturated rings. The maximum absolute atomic E-state index is 14.8. The summed E-state index contributed by atoms with van der Waals surface area (Å²) < 4.78 is 14.8. The van der Waals surface area contributed by atoms with Crippen molar-refractivity contribution >= 4 is 28.9 Å². The van der Waals surface area contributed by atoms with Crippen LogP contribution in [0.15, 0.2) is 17.8 Å². The number of carboxylic acids is 1. The van der Waals surface area contributed by atoms with Gasteiger partial charge < -0.3 is 20.2 Å². The second kappa shape index (κ2) is 5.93. The summed E-state index contributed by atoms with van der Waals surface area (Å²) in [5, 5.41) is 13.0. The molecule has 1 saturated carbocycles. The number of rotatable bonds is 3. The molecule has 4 rings (SSSR count). The molecule has 1 saturated heterocycles. The van der Waals surface area contributed by atoms with E-state index in [9.17, 15) is 14.3 Å². The van der Waals surface area contributed by atoms with Gasteiger partial charge in [0.15, 0.2) is 0 Å². The topological polar surface area (TPSA) is 55.8 Å². The number of anilines is 2. The Labute approximate surface area is 144 Å². The molecule has 2 heterocycles. The Kier molecular flexibility index (Phi) is 3.89. The Balaban J connectivity index is 1.81. The van der Waals surface area contributed by atoms with Gasteiger partial charge in [-0.05, 0) is 24.5 Å². The predicted molar refractivity (Wildman–Crippen MR) is 91.4 cm³/mol. The van der Waals surface area contributed by atoms with Crippen LogP contribution in [-0.2, 0) is 11.2 Å². The van der Waals surface area contributed by atoms with Gasteiger partial charge in [-0.3, -0.25) is 0 Å². The molecule has 0 radical (unpaired) electrons. The smallest absolute Gasteiger partial charge is 0.333 e. The lowest BCUT2D eigenvalue weighted by Crippen LogP contribution is -2.44. The summed E-state index contributed by atoms with van der Waals surface area (Å²) in [6.45, 7) is 2.99. The van der Waals surface area contributed by atoms with Gasteiger partial charge in [0.25, 0.3) is 0 Å². The molecule has 2 aliphatic heterocycles. The van der Waals surface area contributed by atoms with Gasteiger partial charge in [-0.25, -0.2) is 9.18 Å². The highest BCUT2D eigenvalue weighted by Crippen LogP contribution is 2.46. The van der Waals surface area contributed by atoms with Gasteiger partial charge in [-0.2, -0.15) is 0 Å². The van der Waals surface area contributed by atoms with Crippen molar-refractivity contribution in [3.63, 3.8) is 0 Å². The molecule has 2 N–H and O–H groups in total. The average molecular weight is 352 g/mol. The van der Waals surface area contributed by atoms with E-state index in [1.807, 2.05) is 9.80 Å². The lowest BCUT2D eigenvalue weighted by atomic mass is 9.98. The van der Waals surface area contributed by atoms with Gasteiger partial charge in [0.2, 0.25) is 0 Å². The van der Waals surface area contributed by atoms with Crippen LogP contribution in [-0.4, -0.2) is 43.3 Å². The molecule has 0 unspecified atom stereocenters. The van der Waals surface area contributed by atoms with Crippen molar-refractivity contribution in [2.24, 2.45) is 0 Å². The van der Waals surface area contributed by atoms with E-state index in [0.717, 1.165) is 31.6 Å². The summed E-state index contributed by atoms with van der Waals surface area (Å²) in [4.78, 5) is 15.3. The minimum absolute atomic E-state index is 0.201. The molecule has 5 nitrogen and oxygen atoms in total. The number of hydrogen-bond acceptors (Lipinski definition) is 4. The zero-order chi connectivity index (χ0) is 16.8. The van der Waals surface area contributed by atoms with Crippen molar-refractivity contribution in [2.45, 2.75) is 25.3 Å². The van der Waals surface area contributed by atoms with Crippen LogP contribution in [0.2, 0.25) is 5.02 Å². The number of benzene rings is 1. The molecule has 3 aliphatic rings. The van der Waals surface area contributed by atoms with Crippen LogP contribution in [0.25, 0.3) is 0 Å². The number of piperazine rings is 1. The Morgan fingerprint density at radius 3 is 2.62 bits per heavy atom. The third-order valence-corrected chi connectivity index (χ3v) is 5.19. The van der Waals surface area contributed by atoms with Gasteiger partial charge >= 0.3 is 5.97 Å². The lowest BCUT2D eigenvalue weighted by Gasteiger charge is -2.35. The highest BCUT2D eigenvalue weighted by atomic mass is 35.5. The molecule has 0 aromatic heterocycles. The van der Waals surface area contributed by atoms with Gasteiger partial charge in [0.1, 0.15) is 5.82 Å². The molecule has 0 amide bonds. The van der Waals surface area contributed by atoms with Crippen molar-refractivity contribution < 1.29 is 14.3 Å². The number of aliphatic carboxylic acids is 1. The van der Waals surface area contributed by atoms with E-state index in [1.54, 1.807) is 6.20 Å². The van der Waals surface area contributed by atoms with Crippen molar-refractivity contribution in [3.8, 4) is 0 Å². The molecule has 128 valence electrons. The van der Waals surface area contributed by atoms with Crippen LogP contribution in [0.5, 0.6) is 0 Å². The number of hydrogen-bond donors (Lipinski definition) is 2. The molecule has 24 heavy (non-hydrogen) atoms. The Morgan fingerprint density at radius 2 is 2.00 bits per heavy atom. The maximum Gasteiger partial charge on any atom is 0.333 e. The minimum Gasteiger partial charge on any atom is -0.478 e. The van der Waals surface area contributed by atoms with Crippen LogP contribution >= 0.6 is 11.6 Å². The van der Waals surface area contributed by atoms with E-state index in [-0.39, 0.29) is 23.9 Å². The number of fused-ring (bicyclic) bond motifs is 1. The third-order valence-electron chi connectivity index (χ3n) is 4.83. The Morgan fingerprint density at radius 1 is 1.29 bits per heavy atom. The molecule has 0 atom stereocenters.